The Morgan fingerprint density at radius 2 is 2.22 bits per heavy atom. The third-order valence-corrected chi connectivity index (χ3v) is 3.32. The number of anilines is 2. The molecule has 2 rings (SSSR count). The summed E-state index contributed by atoms with van der Waals surface area (Å²) in [6.45, 7) is 0.475. The maximum absolute atomic E-state index is 13.2. The number of carbonyl (C=O) groups is 1. The van der Waals surface area contributed by atoms with E-state index in [4.69, 9.17) is 10.8 Å². The predicted octanol–water partition coefficient (Wildman–Crippen LogP) is 2.78. The summed E-state index contributed by atoms with van der Waals surface area (Å²) in [6.07, 6.45) is 0. The highest BCUT2D eigenvalue weighted by molar-refractivity contribution is 7.09. The molecular formula is C12H11FN2O2S. The molecule has 2 aromatic rings. The molecule has 1 heterocycles. The molecule has 0 aliphatic heterocycles. The van der Waals surface area contributed by atoms with E-state index in [-0.39, 0.29) is 11.3 Å². The van der Waals surface area contributed by atoms with Crippen molar-refractivity contribution >= 4 is 28.7 Å². The van der Waals surface area contributed by atoms with Crippen molar-refractivity contribution in [3.63, 3.8) is 0 Å². The third kappa shape index (κ3) is 2.43. The third-order valence-electron chi connectivity index (χ3n) is 2.44. The summed E-state index contributed by atoms with van der Waals surface area (Å²) in [5, 5.41) is 13.9. The van der Waals surface area contributed by atoms with Crippen LogP contribution < -0.4 is 11.1 Å². The molecule has 94 valence electrons. The maximum atomic E-state index is 13.2. The minimum atomic E-state index is -1.25. The lowest BCUT2D eigenvalue weighted by Crippen LogP contribution is -2.10. The molecule has 6 heteroatoms. The molecule has 1 aromatic heterocycles. The van der Waals surface area contributed by atoms with E-state index < -0.39 is 11.8 Å². The van der Waals surface area contributed by atoms with Crippen LogP contribution in [0.5, 0.6) is 0 Å². The molecule has 0 atom stereocenters. The number of nitrogens with two attached hydrogens (primary N) is 1. The summed E-state index contributed by atoms with van der Waals surface area (Å²) in [6, 6.07) is 6.35. The molecule has 1 aromatic carbocycles. The first kappa shape index (κ1) is 12.4. The van der Waals surface area contributed by atoms with Gasteiger partial charge in [-0.15, -0.1) is 11.3 Å². The summed E-state index contributed by atoms with van der Waals surface area (Å²) in [5.74, 6) is -1.98. The van der Waals surface area contributed by atoms with Crippen molar-refractivity contribution < 1.29 is 14.3 Å². The van der Waals surface area contributed by atoms with E-state index in [1.54, 1.807) is 11.3 Å². The molecule has 0 amide bonds. The first-order valence-corrected chi connectivity index (χ1v) is 6.05. The molecule has 0 bridgehead atoms. The second-order valence-electron chi connectivity index (χ2n) is 3.62. The number of benzene rings is 1. The van der Waals surface area contributed by atoms with Crippen molar-refractivity contribution in [2.75, 3.05) is 11.1 Å². The highest BCUT2D eigenvalue weighted by atomic mass is 32.1. The van der Waals surface area contributed by atoms with Crippen molar-refractivity contribution in [3.8, 4) is 0 Å². The van der Waals surface area contributed by atoms with Gasteiger partial charge < -0.3 is 16.2 Å². The normalized spacial score (nSPS) is 10.3. The number of aromatic carboxylic acids is 1. The molecule has 0 aliphatic carbocycles. The number of hydrogen-bond acceptors (Lipinski definition) is 4. The van der Waals surface area contributed by atoms with Gasteiger partial charge in [0.05, 0.1) is 11.4 Å². The predicted molar refractivity (Wildman–Crippen MR) is 69.4 cm³/mol. The number of carboxylic acids is 1. The number of thiophene rings is 1. The fourth-order valence-electron chi connectivity index (χ4n) is 1.57. The number of hydrogen-bond donors (Lipinski definition) is 3. The molecule has 0 saturated carbocycles. The van der Waals surface area contributed by atoms with E-state index >= 15 is 0 Å². The number of rotatable bonds is 4. The Morgan fingerprint density at radius 3 is 2.83 bits per heavy atom. The van der Waals surface area contributed by atoms with Gasteiger partial charge in [-0.1, -0.05) is 6.07 Å². The van der Waals surface area contributed by atoms with E-state index in [1.807, 2.05) is 17.5 Å². The summed E-state index contributed by atoms with van der Waals surface area (Å²) in [5.41, 5.74) is 5.18. The zero-order valence-corrected chi connectivity index (χ0v) is 10.1. The second-order valence-corrected chi connectivity index (χ2v) is 4.65. The molecule has 0 unspecified atom stereocenters. The van der Waals surface area contributed by atoms with Gasteiger partial charge in [0.1, 0.15) is 11.4 Å². The number of nitrogen functional groups attached to an aromatic ring is 1. The topological polar surface area (TPSA) is 75.3 Å². The van der Waals surface area contributed by atoms with E-state index in [9.17, 15) is 9.18 Å². The SMILES string of the molecule is Nc1c(F)ccc(NCc2cccs2)c1C(=O)O. The van der Waals surface area contributed by atoms with E-state index in [0.29, 0.717) is 12.2 Å². The standard InChI is InChI=1S/C12H11FN2O2S/c13-8-3-4-9(10(11(8)14)12(16)17)15-6-7-2-1-5-18-7/h1-5,15H,6,14H2,(H,16,17). The average molecular weight is 266 g/mol. The van der Waals surface area contributed by atoms with Gasteiger partial charge in [-0.2, -0.15) is 0 Å². The van der Waals surface area contributed by atoms with Crippen LogP contribution in [0.2, 0.25) is 0 Å². The van der Waals surface area contributed by atoms with Gasteiger partial charge in [-0.25, -0.2) is 9.18 Å². The van der Waals surface area contributed by atoms with E-state index in [0.717, 1.165) is 10.9 Å². The molecule has 4 N–H and O–H groups in total. The lowest BCUT2D eigenvalue weighted by Gasteiger charge is -2.11. The number of carboxylic acid groups (broad SMARTS) is 1. The van der Waals surface area contributed by atoms with Crippen LogP contribution in [0.25, 0.3) is 0 Å². The van der Waals surface area contributed by atoms with Gasteiger partial charge in [-0.3, -0.25) is 0 Å². The van der Waals surface area contributed by atoms with Crippen LogP contribution in [0.1, 0.15) is 15.2 Å². The molecule has 0 aliphatic rings. The summed E-state index contributed by atoms with van der Waals surface area (Å²) >= 11 is 1.55. The van der Waals surface area contributed by atoms with Gasteiger partial charge >= 0.3 is 5.97 Å². The van der Waals surface area contributed by atoms with Crippen LogP contribution in [0, 0.1) is 5.82 Å². The Kier molecular flexibility index (Phi) is 3.47. The zero-order valence-electron chi connectivity index (χ0n) is 9.31. The Balaban J connectivity index is 2.27. The van der Waals surface area contributed by atoms with Gasteiger partial charge in [0, 0.05) is 11.4 Å². The Morgan fingerprint density at radius 1 is 1.44 bits per heavy atom. The van der Waals surface area contributed by atoms with Crippen LogP contribution in [-0.4, -0.2) is 11.1 Å². The van der Waals surface area contributed by atoms with Gasteiger partial charge in [-0.05, 0) is 23.6 Å². The lowest BCUT2D eigenvalue weighted by atomic mass is 10.1. The smallest absolute Gasteiger partial charge is 0.340 e. The maximum Gasteiger partial charge on any atom is 0.340 e. The molecule has 0 saturated heterocycles. The van der Waals surface area contributed by atoms with Crippen LogP contribution in [-0.2, 0) is 6.54 Å². The molecule has 4 nitrogen and oxygen atoms in total. The first-order valence-electron chi connectivity index (χ1n) is 5.17. The summed E-state index contributed by atoms with van der Waals surface area (Å²) < 4.78 is 13.2. The zero-order chi connectivity index (χ0) is 13.1. The fourth-order valence-corrected chi connectivity index (χ4v) is 2.21. The van der Waals surface area contributed by atoms with Gasteiger partial charge in [0.2, 0.25) is 0 Å². The highest BCUT2D eigenvalue weighted by Gasteiger charge is 2.17. The quantitative estimate of drug-likeness (QED) is 0.744. The van der Waals surface area contributed by atoms with Gasteiger partial charge in [0.15, 0.2) is 0 Å². The fraction of sp³-hybridized carbons (Fsp3) is 0.0833. The largest absolute Gasteiger partial charge is 0.478 e. The van der Waals surface area contributed by atoms with Crippen LogP contribution in [0.15, 0.2) is 29.6 Å². The highest BCUT2D eigenvalue weighted by Crippen LogP contribution is 2.26. The Hall–Kier alpha value is -2.08. The monoisotopic (exact) mass is 266 g/mol. The first-order chi connectivity index (χ1) is 8.59. The van der Waals surface area contributed by atoms with E-state index in [2.05, 4.69) is 5.32 Å². The minimum absolute atomic E-state index is 0.230. The Bertz CT molecular complexity index is 570. The molecule has 0 spiro atoms. The Labute approximate surface area is 107 Å². The second kappa shape index (κ2) is 5.05. The molecule has 0 fully saturated rings. The number of halogens is 1. The van der Waals surface area contributed by atoms with Crippen LogP contribution in [0.4, 0.5) is 15.8 Å². The van der Waals surface area contributed by atoms with E-state index in [1.165, 1.54) is 6.07 Å². The average Bonchev–Trinajstić information content (AvgIpc) is 2.83. The summed E-state index contributed by atoms with van der Waals surface area (Å²) in [4.78, 5) is 12.1. The lowest BCUT2D eigenvalue weighted by molar-refractivity contribution is 0.0698. The number of nitrogens with one attached hydrogen (secondary N) is 1. The van der Waals surface area contributed by atoms with Crippen molar-refractivity contribution in [1.29, 1.82) is 0 Å². The molecule has 0 radical (unpaired) electrons. The van der Waals surface area contributed by atoms with Crippen molar-refractivity contribution in [2.45, 2.75) is 6.54 Å². The van der Waals surface area contributed by atoms with Crippen molar-refractivity contribution in [1.82, 2.24) is 0 Å². The molecular weight excluding hydrogens is 255 g/mol. The van der Waals surface area contributed by atoms with Crippen molar-refractivity contribution in [2.24, 2.45) is 0 Å². The van der Waals surface area contributed by atoms with Crippen LogP contribution in [0.3, 0.4) is 0 Å². The summed E-state index contributed by atoms with van der Waals surface area (Å²) in [7, 11) is 0. The molecule has 18 heavy (non-hydrogen) atoms. The van der Waals surface area contributed by atoms with Crippen LogP contribution >= 0.6 is 11.3 Å². The van der Waals surface area contributed by atoms with Crippen molar-refractivity contribution in [3.05, 3.63) is 45.9 Å². The minimum Gasteiger partial charge on any atom is -0.478 e. The van der Waals surface area contributed by atoms with Gasteiger partial charge in [0.25, 0.3) is 0 Å².